The number of hydrogen-bond acceptors (Lipinski definition) is 5. The molecule has 1 fully saturated rings. The third-order valence-corrected chi connectivity index (χ3v) is 11.0. The fraction of sp³-hybridized carbons (Fsp3) is 0.297. The summed E-state index contributed by atoms with van der Waals surface area (Å²) in [6.07, 6.45) is 3.79. The fourth-order valence-corrected chi connectivity index (χ4v) is 7.84. The van der Waals surface area contributed by atoms with Crippen molar-refractivity contribution in [3.05, 3.63) is 124 Å². The summed E-state index contributed by atoms with van der Waals surface area (Å²) in [4.78, 5) is 30.0. The molecule has 1 atom stereocenters. The Morgan fingerprint density at radius 1 is 0.898 bits per heavy atom. The number of nitrogens with one attached hydrogen (secondary N) is 1. The fourth-order valence-electron chi connectivity index (χ4n) is 5.91. The average Bonchev–Trinajstić information content (AvgIpc) is 3.60. The topological polar surface area (TPSA) is 96.0 Å². The molecule has 2 amide bonds. The number of sulfonamides is 1. The standard InChI is InChI=1S/C37H38Cl2FN3O5S/c1-2-48-30-19-17-29(18-20-30)43(49(46,47)31-21-15-27(40)16-22-31)25-36(44)42(24-32-33(38)13-8-14-34(32)39)35(23-26-9-4-3-5-10-26)37(45)41-28-11-6-7-12-28/h3-5,8-10,13-22,28,35H,2,6-7,11-12,23-25H2,1H3,(H,41,45)/t35-/m1/s1. The molecule has 12 heteroatoms. The van der Waals surface area contributed by atoms with Gasteiger partial charge >= 0.3 is 0 Å². The summed E-state index contributed by atoms with van der Waals surface area (Å²) in [5, 5.41) is 3.72. The second-order valence-electron chi connectivity index (χ2n) is 11.8. The van der Waals surface area contributed by atoms with Crippen molar-refractivity contribution in [1.82, 2.24) is 10.2 Å². The number of carbonyl (C=O) groups is 2. The van der Waals surface area contributed by atoms with E-state index in [-0.39, 0.29) is 35.5 Å². The lowest BCUT2D eigenvalue weighted by Gasteiger charge is -2.34. The van der Waals surface area contributed by atoms with Crippen LogP contribution in [0.5, 0.6) is 5.75 Å². The summed E-state index contributed by atoms with van der Waals surface area (Å²) in [6.45, 7) is 1.38. The number of amides is 2. The highest BCUT2D eigenvalue weighted by Crippen LogP contribution is 2.30. The molecule has 0 unspecified atom stereocenters. The van der Waals surface area contributed by atoms with Crippen molar-refractivity contribution in [3.63, 3.8) is 0 Å². The SMILES string of the molecule is CCOc1ccc(N(CC(=O)N(Cc2c(Cl)cccc2Cl)[C@H](Cc2ccccc2)C(=O)NC2CCCC2)S(=O)(=O)c2ccc(F)cc2)cc1. The Balaban J connectivity index is 1.59. The van der Waals surface area contributed by atoms with Crippen LogP contribution in [-0.2, 0) is 32.6 Å². The first-order valence-electron chi connectivity index (χ1n) is 16.1. The minimum atomic E-state index is -4.41. The summed E-state index contributed by atoms with van der Waals surface area (Å²) >= 11 is 13.2. The smallest absolute Gasteiger partial charge is 0.264 e. The number of rotatable bonds is 14. The van der Waals surface area contributed by atoms with Crippen molar-refractivity contribution in [1.29, 1.82) is 0 Å². The highest BCUT2D eigenvalue weighted by atomic mass is 35.5. The molecule has 0 bridgehead atoms. The van der Waals surface area contributed by atoms with Gasteiger partial charge in [-0.15, -0.1) is 0 Å². The minimum absolute atomic E-state index is 0.0363. The van der Waals surface area contributed by atoms with Gasteiger partial charge in [-0.3, -0.25) is 13.9 Å². The van der Waals surface area contributed by atoms with Crippen LogP contribution in [0.25, 0.3) is 0 Å². The third kappa shape index (κ3) is 9.12. The molecule has 0 heterocycles. The first-order chi connectivity index (χ1) is 23.6. The zero-order valence-electron chi connectivity index (χ0n) is 27.0. The molecule has 0 aliphatic heterocycles. The monoisotopic (exact) mass is 725 g/mol. The molecule has 5 rings (SSSR count). The zero-order chi connectivity index (χ0) is 35.0. The van der Waals surface area contributed by atoms with Gasteiger partial charge in [-0.2, -0.15) is 0 Å². The molecule has 1 aliphatic carbocycles. The van der Waals surface area contributed by atoms with Gasteiger partial charge in [-0.05, 0) is 86.0 Å². The van der Waals surface area contributed by atoms with E-state index in [0.29, 0.717) is 28.0 Å². The Bertz CT molecular complexity index is 1820. The van der Waals surface area contributed by atoms with Crippen molar-refractivity contribution in [2.24, 2.45) is 0 Å². The van der Waals surface area contributed by atoms with Crippen LogP contribution in [0.3, 0.4) is 0 Å². The lowest BCUT2D eigenvalue weighted by molar-refractivity contribution is -0.140. The van der Waals surface area contributed by atoms with Gasteiger partial charge in [-0.25, -0.2) is 12.8 Å². The van der Waals surface area contributed by atoms with Crippen molar-refractivity contribution in [3.8, 4) is 5.75 Å². The maximum absolute atomic E-state index is 14.7. The van der Waals surface area contributed by atoms with Gasteiger partial charge in [0.2, 0.25) is 11.8 Å². The van der Waals surface area contributed by atoms with E-state index in [9.17, 15) is 22.4 Å². The Kier molecular flexibility index (Phi) is 12.2. The predicted molar refractivity (Wildman–Crippen MR) is 190 cm³/mol. The highest BCUT2D eigenvalue weighted by Gasteiger charge is 2.36. The van der Waals surface area contributed by atoms with Crippen molar-refractivity contribution >= 4 is 50.7 Å². The molecule has 4 aromatic carbocycles. The van der Waals surface area contributed by atoms with E-state index in [1.54, 1.807) is 30.3 Å². The van der Waals surface area contributed by atoms with Crippen LogP contribution in [0, 0.1) is 5.82 Å². The summed E-state index contributed by atoms with van der Waals surface area (Å²) in [6, 6.07) is 23.8. The van der Waals surface area contributed by atoms with Crippen LogP contribution >= 0.6 is 23.2 Å². The molecule has 0 aromatic heterocycles. The molecule has 49 heavy (non-hydrogen) atoms. The second kappa shape index (κ2) is 16.5. The van der Waals surface area contributed by atoms with Crippen LogP contribution in [0.2, 0.25) is 10.0 Å². The maximum Gasteiger partial charge on any atom is 0.264 e. The van der Waals surface area contributed by atoms with Gasteiger partial charge in [0.25, 0.3) is 10.0 Å². The number of benzene rings is 4. The van der Waals surface area contributed by atoms with E-state index < -0.39 is 34.3 Å². The van der Waals surface area contributed by atoms with Crippen LogP contribution in [0.1, 0.15) is 43.7 Å². The van der Waals surface area contributed by atoms with Gasteiger partial charge in [0.15, 0.2) is 0 Å². The largest absolute Gasteiger partial charge is 0.494 e. The van der Waals surface area contributed by atoms with Crippen LogP contribution in [-0.4, -0.2) is 50.4 Å². The molecular formula is C37H38Cl2FN3O5S. The summed E-state index contributed by atoms with van der Waals surface area (Å²) in [5.41, 5.74) is 1.39. The maximum atomic E-state index is 14.7. The number of carbonyl (C=O) groups excluding carboxylic acids is 2. The Morgan fingerprint density at radius 3 is 2.14 bits per heavy atom. The molecule has 258 valence electrons. The van der Waals surface area contributed by atoms with Gasteiger partial charge < -0.3 is 15.0 Å². The van der Waals surface area contributed by atoms with Gasteiger partial charge in [-0.1, -0.05) is 72.4 Å². The van der Waals surface area contributed by atoms with E-state index in [1.807, 2.05) is 37.3 Å². The number of ether oxygens (including phenoxy) is 1. The Labute approximate surface area is 296 Å². The Morgan fingerprint density at radius 2 is 1.53 bits per heavy atom. The van der Waals surface area contributed by atoms with E-state index in [4.69, 9.17) is 27.9 Å². The molecular weight excluding hydrogens is 688 g/mol. The molecule has 0 spiro atoms. The van der Waals surface area contributed by atoms with Crippen molar-refractivity contribution < 1.29 is 27.1 Å². The summed E-state index contributed by atoms with van der Waals surface area (Å²) in [5.74, 6) is -1.12. The van der Waals surface area contributed by atoms with E-state index in [0.717, 1.165) is 59.8 Å². The lowest BCUT2D eigenvalue weighted by Crippen LogP contribution is -2.54. The van der Waals surface area contributed by atoms with Crippen LogP contribution in [0.4, 0.5) is 10.1 Å². The first kappa shape index (κ1) is 36.2. The average molecular weight is 727 g/mol. The third-order valence-electron chi connectivity index (χ3n) is 8.48. The summed E-state index contributed by atoms with van der Waals surface area (Å²) < 4.78 is 48.7. The number of anilines is 1. The molecule has 1 N–H and O–H groups in total. The van der Waals surface area contributed by atoms with Crippen LogP contribution in [0.15, 0.2) is 102 Å². The summed E-state index contributed by atoms with van der Waals surface area (Å²) in [7, 11) is -4.41. The molecule has 1 saturated carbocycles. The highest BCUT2D eigenvalue weighted by molar-refractivity contribution is 7.92. The predicted octanol–water partition coefficient (Wildman–Crippen LogP) is 7.43. The van der Waals surface area contributed by atoms with Gasteiger partial charge in [0.1, 0.15) is 24.2 Å². The second-order valence-corrected chi connectivity index (χ2v) is 14.5. The molecule has 0 saturated heterocycles. The number of hydrogen-bond donors (Lipinski definition) is 1. The number of halogens is 3. The normalized spacial score (nSPS) is 13.9. The molecule has 8 nitrogen and oxygen atoms in total. The minimum Gasteiger partial charge on any atom is -0.494 e. The lowest BCUT2D eigenvalue weighted by atomic mass is 10.0. The van der Waals surface area contributed by atoms with E-state index in [2.05, 4.69) is 5.32 Å². The van der Waals surface area contributed by atoms with Crippen LogP contribution < -0.4 is 14.4 Å². The van der Waals surface area contributed by atoms with E-state index in [1.165, 1.54) is 17.0 Å². The van der Waals surface area contributed by atoms with E-state index >= 15 is 0 Å². The van der Waals surface area contributed by atoms with Gasteiger partial charge in [0, 0.05) is 34.6 Å². The molecule has 0 radical (unpaired) electrons. The zero-order valence-corrected chi connectivity index (χ0v) is 29.4. The number of nitrogens with zero attached hydrogens (tertiary/aromatic N) is 2. The molecule has 4 aromatic rings. The van der Waals surface area contributed by atoms with Crippen molar-refractivity contribution in [2.45, 2.75) is 62.6 Å². The molecule has 1 aliphatic rings. The van der Waals surface area contributed by atoms with Gasteiger partial charge in [0.05, 0.1) is 17.2 Å². The van der Waals surface area contributed by atoms with Crippen molar-refractivity contribution in [2.75, 3.05) is 17.5 Å². The quantitative estimate of drug-likeness (QED) is 0.146. The Hall–Kier alpha value is -4.12. The first-order valence-corrected chi connectivity index (χ1v) is 18.3.